The number of hydrogen-bond donors (Lipinski definition) is 2. The van der Waals surface area contributed by atoms with E-state index in [0.29, 0.717) is 13.0 Å². The van der Waals surface area contributed by atoms with Gasteiger partial charge in [-0.1, -0.05) is 72.8 Å². The predicted octanol–water partition coefficient (Wildman–Crippen LogP) is 4.89. The highest BCUT2D eigenvalue weighted by Gasteiger charge is 2.22. The number of hydrogen-bond acceptors (Lipinski definition) is 2. The first kappa shape index (κ1) is 19.7. The minimum atomic E-state index is -0.183. The molecule has 0 unspecified atom stereocenters. The summed E-state index contributed by atoms with van der Waals surface area (Å²) < 4.78 is 0. The molecule has 1 amide bonds. The van der Waals surface area contributed by atoms with E-state index in [-0.39, 0.29) is 17.6 Å². The summed E-state index contributed by atoms with van der Waals surface area (Å²) in [5, 5.41) is 13.7. The number of carbonyl (C=O) groups excluding carboxylic acids is 1. The Morgan fingerprint density at radius 2 is 1.57 bits per heavy atom. The van der Waals surface area contributed by atoms with E-state index >= 15 is 0 Å². The van der Waals surface area contributed by atoms with E-state index in [4.69, 9.17) is 0 Å². The molecule has 3 nitrogen and oxygen atoms in total. The topological polar surface area (TPSA) is 49.3 Å². The van der Waals surface area contributed by atoms with Crippen molar-refractivity contribution in [2.45, 2.75) is 32.6 Å². The Morgan fingerprint density at radius 1 is 0.929 bits per heavy atom. The van der Waals surface area contributed by atoms with Gasteiger partial charge in [-0.3, -0.25) is 4.79 Å². The lowest BCUT2D eigenvalue weighted by Crippen LogP contribution is -2.27. The molecule has 0 radical (unpaired) electrons. The number of amides is 1. The largest absolute Gasteiger partial charge is 0.507 e. The molecule has 144 valence electrons. The van der Waals surface area contributed by atoms with E-state index in [2.05, 4.69) is 17.4 Å². The van der Waals surface area contributed by atoms with Gasteiger partial charge in [-0.15, -0.1) is 0 Å². The normalized spacial score (nSPS) is 11.8. The Hall–Kier alpha value is -3.07. The van der Waals surface area contributed by atoms with Gasteiger partial charge in [-0.25, -0.2) is 0 Å². The van der Waals surface area contributed by atoms with E-state index in [1.54, 1.807) is 0 Å². The van der Waals surface area contributed by atoms with E-state index in [1.165, 1.54) is 5.56 Å². The van der Waals surface area contributed by atoms with Crippen LogP contribution < -0.4 is 5.32 Å². The highest BCUT2D eigenvalue weighted by molar-refractivity contribution is 5.78. The van der Waals surface area contributed by atoms with Crippen LogP contribution in [-0.4, -0.2) is 17.6 Å². The molecule has 3 aromatic carbocycles. The molecule has 0 aromatic heterocycles. The van der Waals surface area contributed by atoms with Gasteiger partial charge in [-0.05, 0) is 42.5 Å². The number of carbonyl (C=O) groups is 1. The summed E-state index contributed by atoms with van der Waals surface area (Å²) in [5.41, 5.74) is 4.93. The highest BCUT2D eigenvalue weighted by atomic mass is 16.3. The first-order valence-electron chi connectivity index (χ1n) is 9.71. The number of nitrogens with one attached hydrogen (secondary N) is 1. The lowest BCUT2D eigenvalue weighted by molar-refractivity contribution is -0.121. The summed E-state index contributed by atoms with van der Waals surface area (Å²) in [5.74, 6) is 0.0885. The minimum Gasteiger partial charge on any atom is -0.507 e. The average Bonchev–Trinajstić information content (AvgIpc) is 2.72. The molecule has 0 spiro atoms. The second kappa shape index (κ2) is 9.23. The summed E-state index contributed by atoms with van der Waals surface area (Å²) in [6.07, 6.45) is 1.10. The Morgan fingerprint density at radius 3 is 2.25 bits per heavy atom. The van der Waals surface area contributed by atoms with Crippen molar-refractivity contribution in [3.05, 3.63) is 101 Å². The van der Waals surface area contributed by atoms with Crippen LogP contribution in [0.3, 0.4) is 0 Å². The van der Waals surface area contributed by atoms with Gasteiger partial charge < -0.3 is 10.4 Å². The van der Waals surface area contributed by atoms with Crippen molar-refractivity contribution in [1.82, 2.24) is 5.32 Å². The van der Waals surface area contributed by atoms with E-state index < -0.39 is 0 Å². The molecule has 3 aromatic rings. The Balaban J connectivity index is 1.75. The van der Waals surface area contributed by atoms with Crippen molar-refractivity contribution >= 4 is 5.91 Å². The van der Waals surface area contributed by atoms with E-state index in [0.717, 1.165) is 28.7 Å². The van der Waals surface area contributed by atoms with Gasteiger partial charge in [0.2, 0.25) is 5.91 Å². The van der Waals surface area contributed by atoms with Gasteiger partial charge in [0.25, 0.3) is 0 Å². The Kier molecular flexibility index (Phi) is 6.49. The molecule has 1 atom stereocenters. The maximum absolute atomic E-state index is 12.7. The predicted molar refractivity (Wildman–Crippen MR) is 114 cm³/mol. The fraction of sp³-hybridized carbons (Fsp3) is 0.240. The zero-order valence-electron chi connectivity index (χ0n) is 16.5. The molecule has 28 heavy (non-hydrogen) atoms. The fourth-order valence-corrected chi connectivity index (χ4v) is 3.44. The summed E-state index contributed by atoms with van der Waals surface area (Å²) in [7, 11) is 0. The number of rotatable bonds is 7. The standard InChI is InChI=1S/C25H27NO2/c1-18-13-14-22(25(28)19(18)2)23(21-11-7-4-8-12-21)17-24(27)26-16-15-20-9-5-3-6-10-20/h3-14,23,28H,15-17H2,1-2H3,(H,26,27)/t23-/m1/s1. The van der Waals surface area contributed by atoms with Crippen LogP contribution in [0.15, 0.2) is 72.8 Å². The monoisotopic (exact) mass is 373 g/mol. The summed E-state index contributed by atoms with van der Waals surface area (Å²) in [6, 6.07) is 24.0. The van der Waals surface area contributed by atoms with Gasteiger partial charge in [-0.2, -0.15) is 0 Å². The SMILES string of the molecule is Cc1ccc([C@H](CC(=O)NCCc2ccccc2)c2ccccc2)c(O)c1C. The van der Waals surface area contributed by atoms with Crippen LogP contribution in [0.4, 0.5) is 0 Å². The van der Waals surface area contributed by atoms with Crippen molar-refractivity contribution in [2.24, 2.45) is 0 Å². The molecule has 3 rings (SSSR count). The molecule has 0 heterocycles. The first-order valence-corrected chi connectivity index (χ1v) is 9.71. The van der Waals surface area contributed by atoms with E-state index in [9.17, 15) is 9.90 Å². The minimum absolute atomic E-state index is 0.0117. The van der Waals surface area contributed by atoms with Gasteiger partial charge in [0.1, 0.15) is 5.75 Å². The quantitative estimate of drug-likeness (QED) is 0.619. The third-order valence-electron chi connectivity index (χ3n) is 5.28. The molecule has 2 N–H and O–H groups in total. The fourth-order valence-electron chi connectivity index (χ4n) is 3.44. The van der Waals surface area contributed by atoms with Crippen molar-refractivity contribution in [3.8, 4) is 5.75 Å². The van der Waals surface area contributed by atoms with Crippen LogP contribution in [-0.2, 0) is 11.2 Å². The zero-order chi connectivity index (χ0) is 19.9. The molecule has 3 heteroatoms. The molecular formula is C25H27NO2. The lowest BCUT2D eigenvalue weighted by Gasteiger charge is -2.20. The molecule has 0 aliphatic heterocycles. The van der Waals surface area contributed by atoms with Gasteiger partial charge >= 0.3 is 0 Å². The van der Waals surface area contributed by atoms with Crippen molar-refractivity contribution in [1.29, 1.82) is 0 Å². The molecule has 0 saturated heterocycles. The number of aryl methyl sites for hydroxylation is 1. The Bertz CT molecular complexity index is 920. The molecule has 0 aliphatic rings. The highest BCUT2D eigenvalue weighted by Crippen LogP contribution is 2.36. The third kappa shape index (κ3) is 4.80. The average molecular weight is 373 g/mol. The molecule has 0 aliphatic carbocycles. The molecule has 0 fully saturated rings. The van der Waals surface area contributed by atoms with Crippen molar-refractivity contribution in [3.63, 3.8) is 0 Å². The molecule has 0 bridgehead atoms. The number of aromatic hydroxyl groups is 1. The second-order valence-corrected chi connectivity index (χ2v) is 7.20. The van der Waals surface area contributed by atoms with Crippen LogP contribution in [0.5, 0.6) is 5.75 Å². The summed E-state index contributed by atoms with van der Waals surface area (Å²) in [4.78, 5) is 12.7. The zero-order valence-corrected chi connectivity index (χ0v) is 16.5. The maximum Gasteiger partial charge on any atom is 0.220 e. The second-order valence-electron chi connectivity index (χ2n) is 7.20. The van der Waals surface area contributed by atoms with E-state index in [1.807, 2.05) is 74.5 Å². The van der Waals surface area contributed by atoms with Crippen LogP contribution in [0.1, 0.15) is 40.2 Å². The van der Waals surface area contributed by atoms with Crippen molar-refractivity contribution < 1.29 is 9.90 Å². The molecule has 0 saturated carbocycles. The lowest BCUT2D eigenvalue weighted by atomic mass is 9.86. The third-order valence-corrected chi connectivity index (χ3v) is 5.28. The van der Waals surface area contributed by atoms with Crippen LogP contribution >= 0.6 is 0 Å². The van der Waals surface area contributed by atoms with Crippen LogP contribution in [0, 0.1) is 13.8 Å². The van der Waals surface area contributed by atoms with Gasteiger partial charge in [0, 0.05) is 24.4 Å². The number of phenols is 1. The maximum atomic E-state index is 12.7. The Labute approximate surface area is 167 Å². The van der Waals surface area contributed by atoms with Gasteiger partial charge in [0.15, 0.2) is 0 Å². The number of benzene rings is 3. The smallest absolute Gasteiger partial charge is 0.220 e. The number of phenolic OH excluding ortho intramolecular Hbond substituents is 1. The van der Waals surface area contributed by atoms with Crippen LogP contribution in [0.25, 0.3) is 0 Å². The van der Waals surface area contributed by atoms with Crippen LogP contribution in [0.2, 0.25) is 0 Å². The molecular weight excluding hydrogens is 346 g/mol. The van der Waals surface area contributed by atoms with Gasteiger partial charge in [0.05, 0.1) is 0 Å². The summed E-state index contributed by atoms with van der Waals surface area (Å²) >= 11 is 0. The first-order chi connectivity index (χ1) is 13.6. The van der Waals surface area contributed by atoms with Crippen molar-refractivity contribution in [2.75, 3.05) is 6.54 Å². The summed E-state index contributed by atoms with van der Waals surface area (Å²) in [6.45, 7) is 4.49.